The highest BCUT2D eigenvalue weighted by Gasteiger charge is 2.47. The van der Waals surface area contributed by atoms with Gasteiger partial charge in [-0.1, -0.05) is 87.1 Å². The van der Waals surface area contributed by atoms with Gasteiger partial charge in [0.1, 0.15) is 29.3 Å². The lowest BCUT2D eigenvalue weighted by Gasteiger charge is -2.35. The van der Waals surface area contributed by atoms with Gasteiger partial charge >= 0.3 is 12.1 Å². The van der Waals surface area contributed by atoms with E-state index in [2.05, 4.69) is 38.7 Å². The Hall–Kier alpha value is -6.78. The number of likely N-dealkylation sites (tertiary alicyclic amines) is 2. The maximum atomic E-state index is 15.0. The lowest BCUT2D eigenvalue weighted by atomic mass is 9.77. The molecule has 3 aromatic carbocycles. The highest BCUT2D eigenvalue weighted by Crippen LogP contribution is 2.38. The van der Waals surface area contributed by atoms with E-state index in [1.165, 1.54) is 16.0 Å². The molecule has 6 aliphatic rings. The standard InChI is InChI=1S/C65H87N7O10/c1-64(2,3)81-55(73)37-50(42-19-9-7-10-20-42)61(78)71-38-46(35-53(71)59(76)68-51-29-17-25-40-21-13-15-27-48(40)51)66-57(74)44-31-33-45(34-32-44)58(75)67-47-36-54(60(77)69-52-30-18-26-41-22-14-16-28-49(41)52)72(39-47)62(79)56(43-23-11-8-12-24-43)70-63(80)82-65(4,5)6/h13-16,21-22,27-28,31-34,42-43,46-47,50-54,56H,7-12,17-20,23-26,29-30,35-39H2,1-6H3,(H,66,74)(H,67,75)(H,68,76)(H,69,77)(H,70,80)/t46-,47-,50-,51+,52+,53-,54-,56-/m0/s1. The second-order valence-electron chi connectivity index (χ2n) is 26.0. The Morgan fingerprint density at radius 3 is 1.41 bits per heavy atom. The van der Waals surface area contributed by atoms with E-state index in [0.717, 1.165) is 114 Å². The van der Waals surface area contributed by atoms with Crippen LogP contribution in [0, 0.1) is 17.8 Å². The van der Waals surface area contributed by atoms with Crippen LogP contribution in [0.5, 0.6) is 0 Å². The summed E-state index contributed by atoms with van der Waals surface area (Å²) in [5.41, 5.74) is 3.44. The van der Waals surface area contributed by atoms with Crippen molar-refractivity contribution in [1.29, 1.82) is 0 Å². The number of hydrogen-bond acceptors (Lipinski definition) is 10. The van der Waals surface area contributed by atoms with E-state index >= 15 is 4.79 Å². The summed E-state index contributed by atoms with van der Waals surface area (Å²) in [5.74, 6) is -3.59. The fourth-order valence-corrected chi connectivity index (χ4v) is 13.7. The van der Waals surface area contributed by atoms with Gasteiger partial charge in [0, 0.05) is 36.3 Å². The molecule has 442 valence electrons. The summed E-state index contributed by atoms with van der Waals surface area (Å²) in [6, 6.07) is 17.8. The molecule has 3 aromatic rings. The quantitative estimate of drug-likeness (QED) is 0.0910. The van der Waals surface area contributed by atoms with Gasteiger partial charge in [-0.3, -0.25) is 33.6 Å². The molecule has 0 bridgehead atoms. The van der Waals surface area contributed by atoms with Crippen molar-refractivity contribution in [3.63, 3.8) is 0 Å². The Labute approximate surface area is 483 Å². The number of ether oxygens (including phenoxy) is 2. The second-order valence-corrected chi connectivity index (χ2v) is 26.0. The van der Waals surface area contributed by atoms with Gasteiger partial charge in [0.2, 0.25) is 23.6 Å². The number of hydrogen-bond donors (Lipinski definition) is 5. The van der Waals surface area contributed by atoms with Crippen LogP contribution in [-0.4, -0.2) is 112 Å². The monoisotopic (exact) mass is 1130 g/mol. The lowest BCUT2D eigenvalue weighted by Crippen LogP contribution is -2.57. The first-order chi connectivity index (χ1) is 39.2. The number of amides is 7. The van der Waals surface area contributed by atoms with E-state index in [1.54, 1.807) is 70.7 Å². The van der Waals surface area contributed by atoms with Crippen LogP contribution in [-0.2, 0) is 46.3 Å². The number of rotatable bonds is 15. The third-order valence-corrected chi connectivity index (χ3v) is 17.6. The second kappa shape index (κ2) is 26.2. The maximum Gasteiger partial charge on any atom is 0.408 e. The van der Waals surface area contributed by atoms with E-state index in [0.29, 0.717) is 0 Å². The number of carbonyl (C=O) groups is 8. The molecule has 2 heterocycles. The number of alkyl carbamates (subject to hydrolysis) is 1. The summed E-state index contributed by atoms with van der Waals surface area (Å²) in [7, 11) is 0. The number of benzene rings is 3. The van der Waals surface area contributed by atoms with Crippen LogP contribution in [0.25, 0.3) is 0 Å². The van der Waals surface area contributed by atoms with Crippen LogP contribution < -0.4 is 26.6 Å². The van der Waals surface area contributed by atoms with Crippen LogP contribution in [0.4, 0.5) is 4.79 Å². The van der Waals surface area contributed by atoms with Crippen molar-refractivity contribution in [3.05, 3.63) is 106 Å². The molecule has 2 saturated carbocycles. The zero-order chi connectivity index (χ0) is 58.3. The summed E-state index contributed by atoms with van der Waals surface area (Å²) in [6.07, 6.45) is 13.4. The third-order valence-electron chi connectivity index (χ3n) is 17.6. The summed E-state index contributed by atoms with van der Waals surface area (Å²) in [5, 5.41) is 15.6. The molecule has 82 heavy (non-hydrogen) atoms. The van der Waals surface area contributed by atoms with Gasteiger partial charge < -0.3 is 45.9 Å². The van der Waals surface area contributed by atoms with Gasteiger partial charge in [0.15, 0.2) is 0 Å². The molecule has 4 fully saturated rings. The van der Waals surface area contributed by atoms with Crippen LogP contribution in [0.15, 0.2) is 72.8 Å². The smallest absolute Gasteiger partial charge is 0.408 e. The first kappa shape index (κ1) is 59.8. The molecule has 2 aliphatic heterocycles. The molecule has 0 radical (unpaired) electrons. The fraction of sp³-hybridized carbons (Fsp3) is 0.600. The van der Waals surface area contributed by atoms with Gasteiger partial charge in [0.25, 0.3) is 11.8 Å². The van der Waals surface area contributed by atoms with Crippen molar-refractivity contribution in [2.24, 2.45) is 17.8 Å². The van der Waals surface area contributed by atoms with Gasteiger partial charge in [-0.25, -0.2) is 4.79 Å². The third kappa shape index (κ3) is 15.1. The predicted octanol–water partition coefficient (Wildman–Crippen LogP) is 8.87. The van der Waals surface area contributed by atoms with Crippen molar-refractivity contribution < 1.29 is 47.8 Å². The molecule has 8 atom stereocenters. The molecule has 17 heteroatoms. The van der Waals surface area contributed by atoms with Gasteiger partial charge in [-0.2, -0.15) is 0 Å². The normalized spacial score (nSPS) is 23.9. The van der Waals surface area contributed by atoms with Gasteiger partial charge in [-0.05, 0) is 177 Å². The molecular formula is C65H87N7O10. The number of nitrogens with one attached hydrogen (secondary N) is 5. The van der Waals surface area contributed by atoms with E-state index in [-0.39, 0.29) is 85.1 Å². The van der Waals surface area contributed by atoms with Crippen LogP contribution in [0.3, 0.4) is 0 Å². The van der Waals surface area contributed by atoms with E-state index in [4.69, 9.17) is 9.47 Å². The predicted molar refractivity (Wildman–Crippen MR) is 310 cm³/mol. The van der Waals surface area contributed by atoms with Gasteiger partial charge in [0.05, 0.1) is 24.4 Å². The summed E-state index contributed by atoms with van der Waals surface area (Å²) in [6.45, 7) is 10.8. The van der Waals surface area contributed by atoms with E-state index in [9.17, 15) is 33.6 Å². The Kier molecular flexibility index (Phi) is 19.1. The lowest BCUT2D eigenvalue weighted by molar-refractivity contribution is -0.160. The summed E-state index contributed by atoms with van der Waals surface area (Å²) < 4.78 is 11.4. The van der Waals surface area contributed by atoms with Crippen molar-refractivity contribution in [3.8, 4) is 0 Å². The largest absolute Gasteiger partial charge is 0.460 e. The molecule has 2 saturated heterocycles. The maximum absolute atomic E-state index is 15.0. The van der Waals surface area contributed by atoms with Gasteiger partial charge in [-0.15, -0.1) is 0 Å². The molecule has 4 aliphatic carbocycles. The number of aryl methyl sites for hydroxylation is 2. The number of nitrogens with zero attached hydrogens (tertiary/aromatic N) is 2. The highest BCUT2D eigenvalue weighted by atomic mass is 16.6. The molecule has 9 rings (SSSR count). The topological polar surface area (TPSA) is 222 Å². The zero-order valence-corrected chi connectivity index (χ0v) is 49.0. The molecule has 17 nitrogen and oxygen atoms in total. The average Bonchev–Trinajstić information content (AvgIpc) is 4.24. The van der Waals surface area contributed by atoms with Crippen LogP contribution in [0.2, 0.25) is 0 Å². The van der Waals surface area contributed by atoms with Crippen molar-refractivity contribution in [1.82, 2.24) is 36.4 Å². The summed E-state index contributed by atoms with van der Waals surface area (Å²) >= 11 is 0. The molecule has 0 spiro atoms. The van der Waals surface area contributed by atoms with Crippen molar-refractivity contribution in [2.45, 2.75) is 217 Å². The molecule has 0 unspecified atom stereocenters. The van der Waals surface area contributed by atoms with Crippen molar-refractivity contribution in [2.75, 3.05) is 13.1 Å². The minimum absolute atomic E-state index is 0.0277. The number of carbonyl (C=O) groups excluding carboxylic acids is 8. The Bertz CT molecular complexity index is 2620. The molecule has 7 amide bonds. The zero-order valence-electron chi connectivity index (χ0n) is 49.0. The van der Waals surface area contributed by atoms with Crippen LogP contribution >= 0.6 is 0 Å². The van der Waals surface area contributed by atoms with Crippen LogP contribution in [0.1, 0.15) is 206 Å². The minimum Gasteiger partial charge on any atom is -0.460 e. The minimum atomic E-state index is -0.941. The van der Waals surface area contributed by atoms with E-state index < -0.39 is 77.1 Å². The highest BCUT2D eigenvalue weighted by molar-refractivity contribution is 5.99. The average molecular weight is 1130 g/mol. The Morgan fingerprint density at radius 2 is 0.951 bits per heavy atom. The first-order valence-electron chi connectivity index (χ1n) is 30.5. The molecule has 5 N–H and O–H groups in total. The fourth-order valence-electron chi connectivity index (χ4n) is 13.7. The Morgan fingerprint density at radius 1 is 0.512 bits per heavy atom. The SMILES string of the molecule is CC(C)(C)OC(=O)C[C@H](C(=O)N1C[C@@H](NC(=O)c2ccc(C(=O)N[C@H]3C[C@@H](C(=O)N[C@@H]4CCCc5ccccc54)N(C(=O)[C@@H](NC(=O)OC(C)(C)C)C4CCCCC4)C3)cc2)C[C@H]1C(=O)N[C@@H]1CCCc2ccccc21)C1CCCCC1. The van der Waals surface area contributed by atoms with E-state index in [1.807, 2.05) is 36.4 Å². The molecular weight excluding hydrogens is 1040 g/mol. The number of esters is 1. The first-order valence-corrected chi connectivity index (χ1v) is 30.5. The summed E-state index contributed by atoms with van der Waals surface area (Å²) in [4.78, 5) is 117. The Balaban J connectivity index is 0.898. The van der Waals surface area contributed by atoms with Crippen molar-refractivity contribution >= 4 is 47.5 Å². The number of fused-ring (bicyclic) bond motifs is 2. The molecule has 0 aromatic heterocycles.